The van der Waals surface area contributed by atoms with Gasteiger partial charge in [-0.25, -0.2) is 0 Å². The van der Waals surface area contributed by atoms with Gasteiger partial charge in [0, 0.05) is 6.04 Å². The van der Waals surface area contributed by atoms with Crippen LogP contribution in [0.5, 0.6) is 0 Å². The van der Waals surface area contributed by atoms with Gasteiger partial charge in [0.15, 0.2) is 0 Å². The molecule has 0 spiro atoms. The topological polar surface area (TPSA) is 38.0 Å². The van der Waals surface area contributed by atoms with E-state index in [0.29, 0.717) is 11.5 Å². The van der Waals surface area contributed by atoms with Crippen LogP contribution in [0.3, 0.4) is 0 Å². The van der Waals surface area contributed by atoms with Gasteiger partial charge >= 0.3 is 0 Å². The number of anilines is 2. The first-order chi connectivity index (χ1) is 7.98. The number of rotatable bonds is 2. The van der Waals surface area contributed by atoms with Crippen LogP contribution in [0.2, 0.25) is 0 Å². The predicted octanol–water partition coefficient (Wildman–Crippen LogP) is 3.96. The lowest BCUT2D eigenvalue weighted by atomic mass is 9.75. The van der Waals surface area contributed by atoms with Gasteiger partial charge in [0.05, 0.1) is 11.4 Å². The van der Waals surface area contributed by atoms with Crippen molar-refractivity contribution in [3.8, 4) is 0 Å². The Morgan fingerprint density at radius 3 is 2.47 bits per heavy atom. The molecule has 17 heavy (non-hydrogen) atoms. The van der Waals surface area contributed by atoms with Crippen LogP contribution in [0.15, 0.2) is 18.2 Å². The molecule has 0 amide bonds. The van der Waals surface area contributed by atoms with Crippen LogP contribution >= 0.6 is 0 Å². The molecule has 1 saturated carbocycles. The normalized spacial score (nSPS) is 20.2. The van der Waals surface area contributed by atoms with Crippen molar-refractivity contribution in [2.45, 2.75) is 52.5 Å². The predicted molar refractivity (Wildman–Crippen MR) is 75.3 cm³/mol. The summed E-state index contributed by atoms with van der Waals surface area (Å²) in [5.74, 6) is 0. The maximum absolute atomic E-state index is 6.03. The number of hydrogen-bond acceptors (Lipinski definition) is 2. The minimum Gasteiger partial charge on any atom is -0.397 e. The van der Waals surface area contributed by atoms with Gasteiger partial charge in [-0.15, -0.1) is 0 Å². The number of benzene rings is 1. The smallest absolute Gasteiger partial charge is 0.0605 e. The SMILES string of the molecule is Cc1cccc(N)c1NC1CCC(C)(C)CC1. The lowest BCUT2D eigenvalue weighted by Gasteiger charge is -2.35. The molecule has 2 heteroatoms. The standard InChI is InChI=1S/C15H24N2/c1-11-5-4-6-13(16)14(11)17-12-7-9-15(2,3)10-8-12/h4-6,12,17H,7-10,16H2,1-3H3. The Morgan fingerprint density at radius 2 is 1.88 bits per heavy atom. The quantitative estimate of drug-likeness (QED) is 0.757. The number of para-hydroxylation sites is 1. The molecule has 0 aromatic heterocycles. The number of nitrogens with two attached hydrogens (primary N) is 1. The highest BCUT2D eigenvalue weighted by Gasteiger charge is 2.26. The van der Waals surface area contributed by atoms with Gasteiger partial charge in [0.2, 0.25) is 0 Å². The third kappa shape index (κ3) is 2.93. The van der Waals surface area contributed by atoms with E-state index >= 15 is 0 Å². The summed E-state index contributed by atoms with van der Waals surface area (Å²) in [5, 5.41) is 3.63. The van der Waals surface area contributed by atoms with Crippen molar-refractivity contribution in [2.75, 3.05) is 11.1 Å². The second-order valence-electron chi connectivity index (χ2n) is 6.12. The molecule has 0 saturated heterocycles. The first kappa shape index (κ1) is 12.3. The number of nitrogens with one attached hydrogen (secondary N) is 1. The molecule has 0 heterocycles. The zero-order valence-corrected chi connectivity index (χ0v) is 11.2. The largest absolute Gasteiger partial charge is 0.397 e. The Morgan fingerprint density at radius 1 is 1.24 bits per heavy atom. The summed E-state index contributed by atoms with van der Waals surface area (Å²) in [5.41, 5.74) is 9.80. The third-order valence-corrected chi connectivity index (χ3v) is 3.99. The van der Waals surface area contributed by atoms with Crippen LogP contribution in [-0.2, 0) is 0 Å². The molecule has 0 bridgehead atoms. The fourth-order valence-corrected chi connectivity index (χ4v) is 2.64. The average Bonchev–Trinajstić information content (AvgIpc) is 2.26. The van der Waals surface area contributed by atoms with E-state index in [1.54, 1.807) is 0 Å². The van der Waals surface area contributed by atoms with E-state index < -0.39 is 0 Å². The van der Waals surface area contributed by atoms with Gasteiger partial charge in [-0.2, -0.15) is 0 Å². The van der Waals surface area contributed by atoms with Crippen molar-refractivity contribution in [3.63, 3.8) is 0 Å². The highest BCUT2D eigenvalue weighted by molar-refractivity contribution is 5.70. The summed E-state index contributed by atoms with van der Waals surface area (Å²) in [7, 11) is 0. The Labute approximate surface area is 105 Å². The van der Waals surface area contributed by atoms with Gasteiger partial charge in [0.1, 0.15) is 0 Å². The van der Waals surface area contributed by atoms with Gasteiger partial charge in [-0.3, -0.25) is 0 Å². The van der Waals surface area contributed by atoms with Crippen molar-refractivity contribution in [3.05, 3.63) is 23.8 Å². The molecule has 3 N–H and O–H groups in total. The molecule has 1 aromatic carbocycles. The molecule has 0 aliphatic heterocycles. The van der Waals surface area contributed by atoms with Crippen LogP contribution in [0.25, 0.3) is 0 Å². The van der Waals surface area contributed by atoms with Crippen molar-refractivity contribution in [2.24, 2.45) is 5.41 Å². The molecule has 1 fully saturated rings. The lowest BCUT2D eigenvalue weighted by molar-refractivity contribution is 0.232. The van der Waals surface area contributed by atoms with E-state index in [4.69, 9.17) is 5.73 Å². The van der Waals surface area contributed by atoms with E-state index in [2.05, 4.69) is 32.2 Å². The first-order valence-electron chi connectivity index (χ1n) is 6.59. The molecule has 2 nitrogen and oxygen atoms in total. The van der Waals surface area contributed by atoms with Crippen LogP contribution in [0.1, 0.15) is 45.1 Å². The highest BCUT2D eigenvalue weighted by Crippen LogP contribution is 2.37. The number of nitrogen functional groups attached to an aromatic ring is 1. The van der Waals surface area contributed by atoms with Crippen molar-refractivity contribution >= 4 is 11.4 Å². The van der Waals surface area contributed by atoms with Gasteiger partial charge in [-0.05, 0) is 49.7 Å². The zero-order valence-electron chi connectivity index (χ0n) is 11.2. The first-order valence-corrected chi connectivity index (χ1v) is 6.59. The van der Waals surface area contributed by atoms with Crippen LogP contribution in [0.4, 0.5) is 11.4 Å². The average molecular weight is 232 g/mol. The molecule has 1 aliphatic carbocycles. The van der Waals surface area contributed by atoms with E-state index in [1.165, 1.54) is 31.2 Å². The Balaban J connectivity index is 2.03. The zero-order chi connectivity index (χ0) is 12.5. The molecule has 0 radical (unpaired) electrons. The van der Waals surface area contributed by atoms with Crippen LogP contribution in [-0.4, -0.2) is 6.04 Å². The van der Waals surface area contributed by atoms with Crippen LogP contribution in [0, 0.1) is 12.3 Å². The number of aryl methyl sites for hydroxylation is 1. The highest BCUT2D eigenvalue weighted by atomic mass is 14.9. The van der Waals surface area contributed by atoms with E-state index in [0.717, 1.165) is 11.4 Å². The molecular weight excluding hydrogens is 208 g/mol. The minimum atomic E-state index is 0.523. The molecule has 0 atom stereocenters. The van der Waals surface area contributed by atoms with E-state index in [-0.39, 0.29) is 0 Å². The van der Waals surface area contributed by atoms with Crippen molar-refractivity contribution < 1.29 is 0 Å². The van der Waals surface area contributed by atoms with E-state index in [9.17, 15) is 0 Å². The summed E-state index contributed by atoms with van der Waals surface area (Å²) in [4.78, 5) is 0. The summed E-state index contributed by atoms with van der Waals surface area (Å²) >= 11 is 0. The summed E-state index contributed by atoms with van der Waals surface area (Å²) in [6.45, 7) is 6.85. The van der Waals surface area contributed by atoms with Crippen molar-refractivity contribution in [1.82, 2.24) is 0 Å². The summed E-state index contributed by atoms with van der Waals surface area (Å²) in [6, 6.07) is 6.69. The minimum absolute atomic E-state index is 0.523. The molecule has 94 valence electrons. The van der Waals surface area contributed by atoms with Crippen LogP contribution < -0.4 is 11.1 Å². The Hall–Kier alpha value is -1.18. The lowest BCUT2D eigenvalue weighted by Crippen LogP contribution is -2.30. The Bertz CT molecular complexity index is 366. The van der Waals surface area contributed by atoms with Gasteiger partial charge in [-0.1, -0.05) is 26.0 Å². The molecular formula is C15H24N2. The second-order valence-corrected chi connectivity index (χ2v) is 6.12. The fraction of sp³-hybridized carbons (Fsp3) is 0.600. The molecule has 1 aliphatic rings. The maximum atomic E-state index is 6.03. The van der Waals surface area contributed by atoms with Crippen molar-refractivity contribution in [1.29, 1.82) is 0 Å². The summed E-state index contributed by atoms with van der Waals surface area (Å²) in [6.07, 6.45) is 5.11. The summed E-state index contributed by atoms with van der Waals surface area (Å²) < 4.78 is 0. The molecule has 0 unspecified atom stereocenters. The molecule has 2 rings (SSSR count). The van der Waals surface area contributed by atoms with Gasteiger partial charge in [0.25, 0.3) is 0 Å². The van der Waals surface area contributed by atoms with E-state index in [1.807, 2.05) is 12.1 Å². The maximum Gasteiger partial charge on any atom is 0.0605 e. The Kier molecular flexibility index (Phi) is 3.32. The fourth-order valence-electron chi connectivity index (χ4n) is 2.64. The molecule has 1 aromatic rings. The third-order valence-electron chi connectivity index (χ3n) is 3.99. The van der Waals surface area contributed by atoms with Gasteiger partial charge < -0.3 is 11.1 Å². The number of hydrogen-bond donors (Lipinski definition) is 2. The second kappa shape index (κ2) is 4.59. The monoisotopic (exact) mass is 232 g/mol.